The second-order valence-corrected chi connectivity index (χ2v) is 10.6. The maximum absolute atomic E-state index is 12.9. The zero-order valence-corrected chi connectivity index (χ0v) is 16.8. The molecule has 3 saturated carbocycles. The molecule has 6 aliphatic rings. The van der Waals surface area contributed by atoms with Gasteiger partial charge in [-0.2, -0.15) is 0 Å². The molecule has 3 heterocycles. The van der Waals surface area contributed by atoms with E-state index in [4.69, 9.17) is 14.2 Å². The van der Waals surface area contributed by atoms with Crippen LogP contribution in [0.2, 0.25) is 0 Å². The Kier molecular flexibility index (Phi) is 3.81. The van der Waals surface area contributed by atoms with Crippen molar-refractivity contribution in [2.75, 3.05) is 0 Å². The first kappa shape index (κ1) is 18.6. The molecule has 3 aliphatic heterocycles. The first-order valence-corrected chi connectivity index (χ1v) is 11.3. The predicted octanol–water partition coefficient (Wildman–Crippen LogP) is 2.46. The Morgan fingerprint density at radius 1 is 0.793 bits per heavy atom. The van der Waals surface area contributed by atoms with Gasteiger partial charge in [0.25, 0.3) is 0 Å². The van der Waals surface area contributed by atoms with E-state index in [9.17, 15) is 19.8 Å². The Morgan fingerprint density at radius 3 is 1.76 bits per heavy atom. The maximum atomic E-state index is 12.9. The molecule has 10 unspecified atom stereocenters. The van der Waals surface area contributed by atoms with Crippen molar-refractivity contribution < 1.29 is 34.0 Å². The number of rotatable bonds is 5. The van der Waals surface area contributed by atoms with Gasteiger partial charge < -0.3 is 24.4 Å². The molecule has 0 radical (unpaired) electrons. The summed E-state index contributed by atoms with van der Waals surface area (Å²) in [6.07, 6.45) is 5.80. The number of carbonyl (C=O) groups is 2. The summed E-state index contributed by atoms with van der Waals surface area (Å²) in [5.41, 5.74) is -2.09. The average molecular weight is 406 g/mol. The molecule has 6 fully saturated rings. The minimum absolute atomic E-state index is 0.0227. The smallest absolute Gasteiger partial charge is 0.310 e. The molecular formula is C22H30O7. The van der Waals surface area contributed by atoms with E-state index >= 15 is 0 Å². The molecule has 0 amide bonds. The maximum Gasteiger partial charge on any atom is 0.310 e. The van der Waals surface area contributed by atoms with E-state index in [0.29, 0.717) is 25.7 Å². The summed E-state index contributed by atoms with van der Waals surface area (Å²) in [7, 11) is 0. The first-order chi connectivity index (χ1) is 13.8. The minimum atomic E-state index is -1.04. The van der Waals surface area contributed by atoms with Crippen LogP contribution in [0.3, 0.4) is 0 Å². The number of carboxylic acids is 2. The van der Waals surface area contributed by atoms with Gasteiger partial charge >= 0.3 is 11.9 Å². The molecule has 2 N–H and O–H groups in total. The molecule has 0 spiro atoms. The second-order valence-electron chi connectivity index (χ2n) is 10.6. The largest absolute Gasteiger partial charge is 0.481 e. The number of ether oxygens (including phenoxy) is 3. The molecule has 0 aromatic heterocycles. The van der Waals surface area contributed by atoms with Gasteiger partial charge in [0, 0.05) is 0 Å². The molecule has 3 aliphatic carbocycles. The van der Waals surface area contributed by atoms with E-state index in [1.165, 1.54) is 0 Å². The molecule has 10 atom stereocenters. The lowest BCUT2D eigenvalue weighted by Crippen LogP contribution is -2.58. The Bertz CT molecular complexity index is 707. The molecule has 0 bridgehead atoms. The van der Waals surface area contributed by atoms with Gasteiger partial charge in [0.05, 0.1) is 47.5 Å². The number of epoxide rings is 3. The van der Waals surface area contributed by atoms with E-state index in [-0.39, 0.29) is 48.5 Å². The lowest BCUT2D eigenvalue weighted by Gasteiger charge is -2.53. The van der Waals surface area contributed by atoms with Gasteiger partial charge in [-0.05, 0) is 69.1 Å². The van der Waals surface area contributed by atoms with Gasteiger partial charge in [-0.1, -0.05) is 6.92 Å². The standard InChI is InChI=1S/C22H30O7/c1-10-6-14-15(29-14)7-11(10)18(21(19(23)24)4-2-12-16(8-21)27-12)22(20(25)26)5-3-13-17(9-22)28-13/h10-18H,2-9H2,1H3,(H,23,24)(H,25,26). The van der Waals surface area contributed by atoms with E-state index in [2.05, 4.69) is 6.92 Å². The van der Waals surface area contributed by atoms with Crippen molar-refractivity contribution in [2.45, 2.75) is 94.9 Å². The molecule has 6 rings (SSSR count). The topological polar surface area (TPSA) is 112 Å². The van der Waals surface area contributed by atoms with Crippen molar-refractivity contribution in [2.24, 2.45) is 28.6 Å². The molecule has 0 aromatic carbocycles. The normalized spacial score (nSPS) is 55.6. The molecule has 0 aromatic rings. The number of aliphatic carboxylic acids is 2. The first-order valence-electron chi connectivity index (χ1n) is 11.3. The highest BCUT2D eigenvalue weighted by Gasteiger charge is 2.69. The Morgan fingerprint density at radius 2 is 1.28 bits per heavy atom. The van der Waals surface area contributed by atoms with Crippen LogP contribution in [-0.4, -0.2) is 58.8 Å². The third kappa shape index (κ3) is 2.66. The van der Waals surface area contributed by atoms with Crippen LogP contribution in [0.25, 0.3) is 0 Å². The van der Waals surface area contributed by atoms with Crippen molar-refractivity contribution >= 4 is 11.9 Å². The van der Waals surface area contributed by atoms with E-state index in [1.807, 2.05) is 0 Å². The molecule has 160 valence electrons. The van der Waals surface area contributed by atoms with Gasteiger partial charge in [-0.15, -0.1) is 0 Å². The lowest BCUT2D eigenvalue weighted by molar-refractivity contribution is -0.180. The Labute approximate surface area is 170 Å². The highest BCUT2D eigenvalue weighted by atomic mass is 16.6. The summed E-state index contributed by atoms with van der Waals surface area (Å²) in [5, 5.41) is 21.2. The van der Waals surface area contributed by atoms with E-state index in [0.717, 1.165) is 25.7 Å². The monoisotopic (exact) mass is 406 g/mol. The third-order valence-corrected chi connectivity index (χ3v) is 9.25. The Balaban J connectivity index is 1.46. The minimum Gasteiger partial charge on any atom is -0.481 e. The van der Waals surface area contributed by atoms with Crippen LogP contribution in [0.4, 0.5) is 0 Å². The van der Waals surface area contributed by atoms with Crippen molar-refractivity contribution in [3.8, 4) is 0 Å². The second kappa shape index (κ2) is 5.95. The van der Waals surface area contributed by atoms with Crippen LogP contribution >= 0.6 is 0 Å². The fourth-order valence-electron chi connectivity index (χ4n) is 7.62. The molecule has 7 heteroatoms. The SMILES string of the molecule is CC1CC2OC2CC1C(C1(C(=O)O)CCC2OC2C1)C1(C(=O)O)CCC2OC2C1. The summed E-state index contributed by atoms with van der Waals surface area (Å²) in [4.78, 5) is 25.8. The van der Waals surface area contributed by atoms with Crippen LogP contribution in [0.5, 0.6) is 0 Å². The fourth-order valence-corrected chi connectivity index (χ4v) is 7.62. The summed E-state index contributed by atoms with van der Waals surface area (Å²) in [5.74, 6) is -1.78. The summed E-state index contributed by atoms with van der Waals surface area (Å²) in [6.45, 7) is 2.17. The van der Waals surface area contributed by atoms with Crippen LogP contribution < -0.4 is 0 Å². The number of hydrogen-bond acceptors (Lipinski definition) is 5. The summed E-state index contributed by atoms with van der Waals surface area (Å²) >= 11 is 0. The van der Waals surface area contributed by atoms with Crippen LogP contribution in [-0.2, 0) is 23.8 Å². The molecule has 3 saturated heterocycles. The predicted molar refractivity (Wildman–Crippen MR) is 99.2 cm³/mol. The van der Waals surface area contributed by atoms with Crippen molar-refractivity contribution in [1.82, 2.24) is 0 Å². The lowest BCUT2D eigenvalue weighted by atomic mass is 9.47. The van der Waals surface area contributed by atoms with Crippen LogP contribution in [0.15, 0.2) is 0 Å². The Hall–Kier alpha value is -1.18. The number of carboxylic acid groups (broad SMARTS) is 2. The van der Waals surface area contributed by atoms with Gasteiger partial charge in [-0.25, -0.2) is 0 Å². The van der Waals surface area contributed by atoms with E-state index < -0.39 is 28.7 Å². The van der Waals surface area contributed by atoms with Crippen LogP contribution in [0, 0.1) is 28.6 Å². The molecular weight excluding hydrogens is 376 g/mol. The van der Waals surface area contributed by atoms with Crippen LogP contribution in [0.1, 0.15) is 58.3 Å². The van der Waals surface area contributed by atoms with Crippen molar-refractivity contribution in [3.05, 3.63) is 0 Å². The average Bonchev–Trinajstić information content (AvgIpc) is 3.55. The number of hydrogen-bond donors (Lipinski definition) is 2. The van der Waals surface area contributed by atoms with Gasteiger partial charge in [-0.3, -0.25) is 9.59 Å². The zero-order chi connectivity index (χ0) is 20.1. The molecule has 7 nitrogen and oxygen atoms in total. The highest BCUT2D eigenvalue weighted by Crippen LogP contribution is 2.65. The van der Waals surface area contributed by atoms with Gasteiger partial charge in [0.15, 0.2) is 0 Å². The van der Waals surface area contributed by atoms with Crippen molar-refractivity contribution in [3.63, 3.8) is 0 Å². The quantitative estimate of drug-likeness (QED) is 0.675. The number of fused-ring (bicyclic) bond motifs is 3. The fraction of sp³-hybridized carbons (Fsp3) is 0.909. The summed E-state index contributed by atoms with van der Waals surface area (Å²) in [6, 6.07) is 0. The highest BCUT2D eigenvalue weighted by molar-refractivity contribution is 5.81. The third-order valence-electron chi connectivity index (χ3n) is 9.25. The van der Waals surface area contributed by atoms with Crippen molar-refractivity contribution in [1.29, 1.82) is 0 Å². The van der Waals surface area contributed by atoms with Gasteiger partial charge in [0.1, 0.15) is 0 Å². The van der Waals surface area contributed by atoms with E-state index in [1.54, 1.807) is 0 Å². The molecule has 29 heavy (non-hydrogen) atoms. The van der Waals surface area contributed by atoms with Gasteiger partial charge in [0.2, 0.25) is 0 Å². The summed E-state index contributed by atoms with van der Waals surface area (Å²) < 4.78 is 17.3. The zero-order valence-electron chi connectivity index (χ0n) is 16.8.